The molecule has 90 valence electrons. The van der Waals surface area contributed by atoms with Crippen molar-refractivity contribution in [2.75, 3.05) is 6.54 Å². The molecule has 0 aromatic rings. The summed E-state index contributed by atoms with van der Waals surface area (Å²) in [7, 11) is 0. The Morgan fingerprint density at radius 1 is 1.07 bits per heavy atom. The third-order valence-corrected chi connectivity index (χ3v) is 2.81. The molecule has 0 fully saturated rings. The van der Waals surface area contributed by atoms with Crippen LogP contribution >= 0.6 is 0 Å². The lowest BCUT2D eigenvalue weighted by molar-refractivity contribution is 0.435. The Morgan fingerprint density at radius 3 is 2.47 bits per heavy atom. The topological polar surface area (TPSA) is 12.0 Å². The van der Waals surface area contributed by atoms with Crippen LogP contribution in [0.3, 0.4) is 0 Å². The highest BCUT2D eigenvalue weighted by atomic mass is 14.9. The molecule has 1 nitrogen and oxygen atoms in total. The zero-order valence-corrected chi connectivity index (χ0v) is 10.7. The number of hydrogen-bond acceptors (Lipinski definition) is 1. The summed E-state index contributed by atoms with van der Waals surface area (Å²) in [5.41, 5.74) is 0. The zero-order valence-electron chi connectivity index (χ0n) is 10.7. The summed E-state index contributed by atoms with van der Waals surface area (Å²) in [6.07, 6.45) is 12.5. The van der Waals surface area contributed by atoms with E-state index in [1.54, 1.807) is 0 Å². The van der Waals surface area contributed by atoms with Gasteiger partial charge in [0, 0.05) is 6.04 Å². The van der Waals surface area contributed by atoms with Crippen LogP contribution in [0.2, 0.25) is 0 Å². The summed E-state index contributed by atoms with van der Waals surface area (Å²) < 4.78 is 0. The van der Waals surface area contributed by atoms with E-state index < -0.39 is 0 Å². The van der Waals surface area contributed by atoms with E-state index in [0.29, 0.717) is 0 Å². The monoisotopic (exact) mass is 211 g/mol. The first-order chi connectivity index (χ1) is 7.35. The maximum Gasteiger partial charge on any atom is 0.00700 e. The fourth-order valence-electron chi connectivity index (χ4n) is 1.83. The lowest BCUT2D eigenvalue weighted by Crippen LogP contribution is -2.29. The fourth-order valence-corrected chi connectivity index (χ4v) is 1.83. The van der Waals surface area contributed by atoms with Crippen LogP contribution in [0, 0.1) is 0 Å². The lowest BCUT2D eigenvalue weighted by atomic mass is 10.0. The van der Waals surface area contributed by atoms with E-state index in [-0.39, 0.29) is 0 Å². The van der Waals surface area contributed by atoms with Gasteiger partial charge in [0.1, 0.15) is 0 Å². The number of nitrogens with one attached hydrogen (secondary N) is 1. The van der Waals surface area contributed by atoms with Crippen molar-refractivity contribution in [1.82, 2.24) is 5.32 Å². The third kappa shape index (κ3) is 9.99. The standard InChI is InChI=1S/C14H29N/c1-4-7-9-10-12-14(11-8-5-2)15-13-6-3/h5,14-15H,2,4,6-13H2,1,3H3. The van der Waals surface area contributed by atoms with Crippen molar-refractivity contribution < 1.29 is 0 Å². The molecular weight excluding hydrogens is 182 g/mol. The Hall–Kier alpha value is -0.300. The minimum atomic E-state index is 0.722. The van der Waals surface area contributed by atoms with Gasteiger partial charge in [-0.2, -0.15) is 0 Å². The van der Waals surface area contributed by atoms with Crippen LogP contribution in [0.1, 0.15) is 65.2 Å². The van der Waals surface area contributed by atoms with Gasteiger partial charge in [0.15, 0.2) is 0 Å². The number of hydrogen-bond donors (Lipinski definition) is 1. The van der Waals surface area contributed by atoms with Gasteiger partial charge in [-0.3, -0.25) is 0 Å². The van der Waals surface area contributed by atoms with Crippen molar-refractivity contribution in [1.29, 1.82) is 0 Å². The third-order valence-electron chi connectivity index (χ3n) is 2.81. The highest BCUT2D eigenvalue weighted by molar-refractivity contribution is 4.73. The second kappa shape index (κ2) is 11.8. The number of rotatable bonds is 11. The van der Waals surface area contributed by atoms with Gasteiger partial charge in [-0.25, -0.2) is 0 Å². The average molecular weight is 211 g/mol. The fraction of sp³-hybridized carbons (Fsp3) is 0.857. The summed E-state index contributed by atoms with van der Waals surface area (Å²) in [6, 6.07) is 0.722. The molecule has 0 aliphatic heterocycles. The maximum absolute atomic E-state index is 3.79. The van der Waals surface area contributed by atoms with Crippen LogP contribution in [0.5, 0.6) is 0 Å². The molecule has 0 aliphatic carbocycles. The Balaban J connectivity index is 3.53. The van der Waals surface area contributed by atoms with E-state index in [4.69, 9.17) is 0 Å². The second-order valence-corrected chi connectivity index (χ2v) is 4.37. The molecule has 0 spiro atoms. The molecule has 1 atom stereocenters. The van der Waals surface area contributed by atoms with E-state index in [9.17, 15) is 0 Å². The summed E-state index contributed by atoms with van der Waals surface area (Å²) in [4.78, 5) is 0. The van der Waals surface area contributed by atoms with Gasteiger partial charge in [-0.15, -0.1) is 6.58 Å². The Bertz CT molecular complexity index is 131. The first kappa shape index (κ1) is 14.7. The molecule has 1 heteroatoms. The van der Waals surface area contributed by atoms with Crippen molar-refractivity contribution in [2.45, 2.75) is 71.3 Å². The van der Waals surface area contributed by atoms with Crippen molar-refractivity contribution in [2.24, 2.45) is 0 Å². The Morgan fingerprint density at radius 2 is 1.87 bits per heavy atom. The van der Waals surface area contributed by atoms with Gasteiger partial charge in [-0.1, -0.05) is 45.6 Å². The number of unbranched alkanes of at least 4 members (excludes halogenated alkanes) is 3. The van der Waals surface area contributed by atoms with Gasteiger partial charge in [-0.05, 0) is 32.2 Å². The highest BCUT2D eigenvalue weighted by Gasteiger charge is 2.05. The molecule has 0 radical (unpaired) electrons. The van der Waals surface area contributed by atoms with Crippen LogP contribution < -0.4 is 5.32 Å². The lowest BCUT2D eigenvalue weighted by Gasteiger charge is -2.17. The molecule has 0 saturated heterocycles. The van der Waals surface area contributed by atoms with Gasteiger partial charge >= 0.3 is 0 Å². The molecule has 0 aromatic carbocycles. The van der Waals surface area contributed by atoms with Crippen LogP contribution in [0.15, 0.2) is 12.7 Å². The summed E-state index contributed by atoms with van der Waals surface area (Å²) in [6.45, 7) is 9.46. The van der Waals surface area contributed by atoms with Gasteiger partial charge in [0.2, 0.25) is 0 Å². The van der Waals surface area contributed by atoms with E-state index in [0.717, 1.165) is 19.0 Å². The van der Waals surface area contributed by atoms with Crippen molar-refractivity contribution in [3.63, 3.8) is 0 Å². The summed E-state index contributed by atoms with van der Waals surface area (Å²) >= 11 is 0. The van der Waals surface area contributed by atoms with Crippen LogP contribution in [-0.2, 0) is 0 Å². The van der Waals surface area contributed by atoms with Gasteiger partial charge in [0.25, 0.3) is 0 Å². The molecule has 0 amide bonds. The maximum atomic E-state index is 3.79. The average Bonchev–Trinajstić information content (AvgIpc) is 2.27. The first-order valence-corrected chi connectivity index (χ1v) is 6.69. The van der Waals surface area contributed by atoms with Crippen molar-refractivity contribution in [3.8, 4) is 0 Å². The highest BCUT2D eigenvalue weighted by Crippen LogP contribution is 2.10. The molecule has 1 N–H and O–H groups in total. The van der Waals surface area contributed by atoms with Crippen molar-refractivity contribution >= 4 is 0 Å². The molecule has 0 heterocycles. The molecule has 0 aromatic heterocycles. The van der Waals surface area contributed by atoms with Crippen LogP contribution in [0.25, 0.3) is 0 Å². The van der Waals surface area contributed by atoms with Crippen LogP contribution in [-0.4, -0.2) is 12.6 Å². The molecule has 15 heavy (non-hydrogen) atoms. The molecule has 0 rings (SSSR count). The Kier molecular flexibility index (Phi) is 11.5. The molecule has 0 aliphatic rings. The molecule has 1 unspecified atom stereocenters. The summed E-state index contributed by atoms with van der Waals surface area (Å²) in [5, 5.41) is 3.63. The molecule has 0 saturated carbocycles. The van der Waals surface area contributed by atoms with Gasteiger partial charge < -0.3 is 5.32 Å². The van der Waals surface area contributed by atoms with Crippen LogP contribution in [0.4, 0.5) is 0 Å². The smallest absolute Gasteiger partial charge is 0.00700 e. The number of allylic oxidation sites excluding steroid dienone is 1. The van der Waals surface area contributed by atoms with Gasteiger partial charge in [0.05, 0.1) is 0 Å². The van der Waals surface area contributed by atoms with E-state index >= 15 is 0 Å². The molecular formula is C14H29N. The predicted octanol–water partition coefficient (Wildman–Crippen LogP) is 4.29. The quantitative estimate of drug-likeness (QED) is 0.397. The van der Waals surface area contributed by atoms with E-state index in [1.165, 1.54) is 44.9 Å². The molecule has 0 bridgehead atoms. The normalized spacial score (nSPS) is 12.7. The minimum absolute atomic E-state index is 0.722. The zero-order chi connectivity index (χ0) is 11.4. The van der Waals surface area contributed by atoms with E-state index in [1.807, 2.05) is 6.08 Å². The largest absolute Gasteiger partial charge is 0.314 e. The SMILES string of the molecule is C=CCCC(CCCCCC)NCCC. The summed E-state index contributed by atoms with van der Waals surface area (Å²) in [5.74, 6) is 0. The minimum Gasteiger partial charge on any atom is -0.314 e. The second-order valence-electron chi connectivity index (χ2n) is 4.37. The van der Waals surface area contributed by atoms with E-state index in [2.05, 4.69) is 25.7 Å². The first-order valence-electron chi connectivity index (χ1n) is 6.69. The predicted molar refractivity (Wildman–Crippen MR) is 70.3 cm³/mol. The van der Waals surface area contributed by atoms with Crippen molar-refractivity contribution in [3.05, 3.63) is 12.7 Å². The Labute approximate surface area is 96.3 Å².